The summed E-state index contributed by atoms with van der Waals surface area (Å²) < 4.78 is 64.3. The van der Waals surface area contributed by atoms with Gasteiger partial charge in [-0.15, -0.1) is 10.2 Å². The van der Waals surface area contributed by atoms with Crippen molar-refractivity contribution in [3.05, 3.63) is 47.5 Å². The van der Waals surface area contributed by atoms with Crippen molar-refractivity contribution in [3.8, 4) is 5.75 Å². The maximum atomic E-state index is 11.5. The zero-order valence-corrected chi connectivity index (χ0v) is 19.6. The Bertz CT molecular complexity index is 1390. The molecule has 0 spiro atoms. The van der Waals surface area contributed by atoms with Gasteiger partial charge in [-0.05, 0) is 35.7 Å². The Morgan fingerprint density at radius 2 is 1.57 bits per heavy atom. The number of nitrogens with zero attached hydrogens (tertiary/aromatic N) is 2. The van der Waals surface area contributed by atoms with Gasteiger partial charge in [0.1, 0.15) is 22.0 Å². The molecule has 0 saturated heterocycles. The number of rotatable bonds is 4. The van der Waals surface area contributed by atoms with Crippen molar-refractivity contribution in [1.29, 1.82) is 0 Å². The summed E-state index contributed by atoms with van der Waals surface area (Å²) in [6, 6.07) is 8.16. The molecule has 14 heteroatoms. The number of azo groups is 1. The molecular formula is C16H12ClN3NaO7S2+. The number of halogens is 1. The molecule has 0 aliphatic carbocycles. The maximum absolute atomic E-state index is 11.5. The van der Waals surface area contributed by atoms with Crippen LogP contribution in [0, 0.1) is 0 Å². The van der Waals surface area contributed by atoms with E-state index in [4.69, 9.17) is 17.3 Å². The van der Waals surface area contributed by atoms with E-state index in [0.29, 0.717) is 0 Å². The van der Waals surface area contributed by atoms with Crippen LogP contribution in [0.5, 0.6) is 5.75 Å². The molecule has 0 bridgehead atoms. The minimum absolute atomic E-state index is 0. The molecule has 0 radical (unpaired) electrons. The fraction of sp³-hybridized carbons (Fsp3) is 0. The standard InChI is InChI=1S/C16H12ClN3O7S2.Na/c17-9-2-4-12(14(6-9)29(25,26)27)19-20-16-11(18)3-1-8-5-10(28(22,23)24)7-13(21)15(8)16;/h1-7,21H,18H2,(H,22,23,24)(H,25,26,27);/q;+1. The van der Waals surface area contributed by atoms with Crippen molar-refractivity contribution >= 4 is 59.7 Å². The predicted molar refractivity (Wildman–Crippen MR) is 105 cm³/mol. The van der Waals surface area contributed by atoms with Gasteiger partial charge in [0.25, 0.3) is 20.2 Å². The molecule has 0 amide bonds. The average Bonchev–Trinajstić information content (AvgIpc) is 2.60. The molecule has 152 valence electrons. The molecular weight excluding hydrogens is 469 g/mol. The smallest absolute Gasteiger partial charge is 0.507 e. The van der Waals surface area contributed by atoms with Crippen LogP contribution >= 0.6 is 11.6 Å². The summed E-state index contributed by atoms with van der Waals surface area (Å²) in [4.78, 5) is -1.13. The first-order chi connectivity index (χ1) is 13.4. The number of hydrogen-bond donors (Lipinski definition) is 4. The second-order valence-corrected chi connectivity index (χ2v) is 9.05. The minimum atomic E-state index is -4.66. The summed E-state index contributed by atoms with van der Waals surface area (Å²) in [6.07, 6.45) is 0. The topological polar surface area (TPSA) is 180 Å². The second-order valence-electron chi connectivity index (χ2n) is 5.81. The summed E-state index contributed by atoms with van der Waals surface area (Å²) in [5.41, 5.74) is 5.58. The Balaban J connectivity index is 0.00000320. The second kappa shape index (κ2) is 8.77. The monoisotopic (exact) mass is 480 g/mol. The van der Waals surface area contributed by atoms with Gasteiger partial charge in [0.2, 0.25) is 0 Å². The molecule has 3 aromatic carbocycles. The Hall–Kier alpha value is -1.77. The molecule has 3 aromatic rings. The Morgan fingerprint density at radius 3 is 2.17 bits per heavy atom. The molecule has 0 aliphatic heterocycles. The molecule has 0 fully saturated rings. The van der Waals surface area contributed by atoms with Gasteiger partial charge >= 0.3 is 29.6 Å². The zero-order chi connectivity index (χ0) is 21.6. The Morgan fingerprint density at radius 1 is 0.900 bits per heavy atom. The van der Waals surface area contributed by atoms with Crippen LogP contribution < -0.4 is 35.3 Å². The van der Waals surface area contributed by atoms with Crippen LogP contribution in [0.2, 0.25) is 5.02 Å². The van der Waals surface area contributed by atoms with Crippen molar-refractivity contribution in [2.24, 2.45) is 10.2 Å². The number of aromatic hydroxyl groups is 1. The van der Waals surface area contributed by atoms with E-state index in [1.807, 2.05) is 0 Å². The molecule has 30 heavy (non-hydrogen) atoms. The van der Waals surface area contributed by atoms with Gasteiger partial charge < -0.3 is 10.8 Å². The van der Waals surface area contributed by atoms with E-state index in [1.54, 1.807) is 0 Å². The number of hydrogen-bond acceptors (Lipinski definition) is 8. The summed E-state index contributed by atoms with van der Waals surface area (Å²) in [7, 11) is -9.23. The zero-order valence-electron chi connectivity index (χ0n) is 15.2. The quantitative estimate of drug-likeness (QED) is 0.182. The predicted octanol–water partition coefficient (Wildman–Crippen LogP) is 0.694. The van der Waals surface area contributed by atoms with Crippen LogP contribution in [0.25, 0.3) is 10.8 Å². The number of fused-ring (bicyclic) bond motifs is 1. The first kappa shape index (κ1) is 24.5. The summed E-state index contributed by atoms with van der Waals surface area (Å²) in [5, 5.41) is 18.1. The molecule has 0 aliphatic rings. The van der Waals surface area contributed by atoms with Crippen molar-refractivity contribution in [2.75, 3.05) is 5.73 Å². The third kappa shape index (κ3) is 5.10. The van der Waals surface area contributed by atoms with E-state index in [9.17, 15) is 31.0 Å². The van der Waals surface area contributed by atoms with Gasteiger partial charge in [0.05, 0.1) is 16.0 Å². The van der Waals surface area contributed by atoms with Gasteiger partial charge in [-0.1, -0.05) is 17.7 Å². The molecule has 0 heterocycles. The van der Waals surface area contributed by atoms with Gasteiger partial charge in [0.15, 0.2) is 0 Å². The first-order valence-corrected chi connectivity index (χ1v) is 10.9. The molecule has 5 N–H and O–H groups in total. The third-order valence-corrected chi connectivity index (χ3v) is 5.78. The first-order valence-electron chi connectivity index (χ1n) is 7.59. The molecule has 0 unspecified atom stereocenters. The molecule has 0 saturated carbocycles. The Kier molecular flexibility index (Phi) is 7.16. The van der Waals surface area contributed by atoms with Crippen molar-refractivity contribution in [3.63, 3.8) is 0 Å². The van der Waals surface area contributed by atoms with E-state index in [-0.39, 0.29) is 62.4 Å². The summed E-state index contributed by atoms with van der Waals surface area (Å²) >= 11 is 5.75. The van der Waals surface area contributed by atoms with Crippen LogP contribution in [0.1, 0.15) is 0 Å². The van der Waals surface area contributed by atoms with Crippen molar-refractivity contribution in [2.45, 2.75) is 9.79 Å². The van der Waals surface area contributed by atoms with E-state index >= 15 is 0 Å². The van der Waals surface area contributed by atoms with Gasteiger partial charge in [-0.2, -0.15) is 16.8 Å². The van der Waals surface area contributed by atoms with Gasteiger partial charge in [-0.3, -0.25) is 9.11 Å². The number of phenols is 1. The summed E-state index contributed by atoms with van der Waals surface area (Å²) in [5.74, 6) is -0.553. The van der Waals surface area contributed by atoms with E-state index in [2.05, 4.69) is 10.2 Å². The van der Waals surface area contributed by atoms with Crippen molar-refractivity contribution in [1.82, 2.24) is 0 Å². The number of phenolic OH excluding ortho intramolecular Hbond substituents is 1. The number of nitrogen functional groups attached to an aromatic ring is 1. The largest absolute Gasteiger partial charge is 1.00 e. The fourth-order valence-corrected chi connectivity index (χ4v) is 3.97. The number of nitrogens with two attached hydrogens (primary N) is 1. The van der Waals surface area contributed by atoms with Crippen molar-refractivity contribution < 1.29 is 60.6 Å². The van der Waals surface area contributed by atoms with Crippen LogP contribution in [-0.2, 0) is 20.2 Å². The van der Waals surface area contributed by atoms with Gasteiger partial charge in [0, 0.05) is 11.1 Å². The number of anilines is 1. The molecule has 0 aromatic heterocycles. The molecule has 10 nitrogen and oxygen atoms in total. The normalized spacial score (nSPS) is 12.2. The van der Waals surface area contributed by atoms with Crippen LogP contribution in [-0.4, -0.2) is 31.0 Å². The average molecular weight is 481 g/mol. The SMILES string of the molecule is Nc1ccc2cc(S(=O)(=O)O)cc(O)c2c1N=Nc1ccc(Cl)cc1S(=O)(=O)O.[Na+]. The minimum Gasteiger partial charge on any atom is -0.507 e. The van der Waals surface area contributed by atoms with E-state index in [0.717, 1.165) is 18.2 Å². The summed E-state index contributed by atoms with van der Waals surface area (Å²) in [6.45, 7) is 0. The Labute approximate surface area is 198 Å². The van der Waals surface area contributed by atoms with Crippen LogP contribution in [0.4, 0.5) is 17.1 Å². The van der Waals surface area contributed by atoms with Gasteiger partial charge in [-0.25, -0.2) is 0 Å². The van der Waals surface area contributed by atoms with Crippen LogP contribution in [0.3, 0.4) is 0 Å². The third-order valence-electron chi connectivity index (χ3n) is 3.83. The molecule has 0 atom stereocenters. The number of benzene rings is 3. The fourth-order valence-electron chi connectivity index (χ4n) is 2.55. The van der Waals surface area contributed by atoms with Crippen LogP contribution in [0.15, 0.2) is 62.5 Å². The van der Waals surface area contributed by atoms with E-state index in [1.165, 1.54) is 24.3 Å². The van der Waals surface area contributed by atoms with E-state index < -0.39 is 35.8 Å². The maximum Gasteiger partial charge on any atom is 1.00 e. The molecule has 3 rings (SSSR count).